The molecule has 6 nitrogen and oxygen atoms in total. The molecule has 38 heavy (non-hydrogen) atoms. The average Bonchev–Trinajstić information content (AvgIpc) is 2.94. The molecule has 0 saturated carbocycles. The highest BCUT2D eigenvalue weighted by atomic mass is 32.1. The molecular formula is C31H29N3O3S. The summed E-state index contributed by atoms with van der Waals surface area (Å²) in [5.74, 6) is -0.188. The number of carbonyl (C=O) groups is 2. The highest BCUT2D eigenvalue weighted by Gasteiger charge is 2.17. The van der Waals surface area contributed by atoms with Crippen molar-refractivity contribution in [3.05, 3.63) is 131 Å². The first-order valence-electron chi connectivity index (χ1n) is 12.3. The fourth-order valence-electron chi connectivity index (χ4n) is 3.92. The van der Waals surface area contributed by atoms with E-state index < -0.39 is 5.91 Å². The third-order valence-corrected chi connectivity index (χ3v) is 6.12. The van der Waals surface area contributed by atoms with E-state index in [1.54, 1.807) is 42.5 Å². The van der Waals surface area contributed by atoms with Crippen LogP contribution in [0.2, 0.25) is 0 Å². The monoisotopic (exact) mass is 523 g/mol. The molecule has 1 atom stereocenters. The molecule has 2 amide bonds. The van der Waals surface area contributed by atoms with E-state index in [0.29, 0.717) is 29.2 Å². The van der Waals surface area contributed by atoms with Crippen LogP contribution in [0.15, 0.2) is 109 Å². The summed E-state index contributed by atoms with van der Waals surface area (Å²) in [4.78, 5) is 26.0. The molecule has 3 N–H and O–H groups in total. The number of para-hydroxylation sites is 2. The van der Waals surface area contributed by atoms with Gasteiger partial charge in [-0.1, -0.05) is 84.9 Å². The fourth-order valence-corrected chi connectivity index (χ4v) is 4.12. The zero-order valence-electron chi connectivity index (χ0n) is 21.0. The second-order valence-electron chi connectivity index (χ2n) is 8.64. The molecule has 0 fully saturated rings. The van der Waals surface area contributed by atoms with Crippen LogP contribution in [0.1, 0.15) is 44.8 Å². The summed E-state index contributed by atoms with van der Waals surface area (Å²) in [6, 6.07) is 33.6. The second kappa shape index (κ2) is 13.2. The molecule has 7 heteroatoms. The minimum atomic E-state index is -0.405. The summed E-state index contributed by atoms with van der Waals surface area (Å²) in [5, 5.41) is 8.76. The fraction of sp³-hybridized carbons (Fsp3) is 0.129. The number of anilines is 1. The molecule has 4 aromatic rings. The average molecular weight is 524 g/mol. The van der Waals surface area contributed by atoms with Crippen LogP contribution in [0.4, 0.5) is 5.69 Å². The number of amides is 2. The normalized spacial score (nSPS) is 11.2. The zero-order valence-corrected chi connectivity index (χ0v) is 21.8. The minimum Gasteiger partial charge on any atom is -0.492 e. The Morgan fingerprint density at radius 1 is 0.763 bits per heavy atom. The van der Waals surface area contributed by atoms with Gasteiger partial charge in [0, 0.05) is 6.42 Å². The number of hydrogen-bond donors (Lipinski definition) is 3. The highest BCUT2D eigenvalue weighted by molar-refractivity contribution is 7.80. The molecule has 0 aliphatic rings. The number of nitrogens with one attached hydrogen (secondary N) is 3. The first-order chi connectivity index (χ1) is 18.5. The van der Waals surface area contributed by atoms with E-state index in [2.05, 4.69) is 16.0 Å². The van der Waals surface area contributed by atoms with Crippen LogP contribution >= 0.6 is 12.2 Å². The van der Waals surface area contributed by atoms with Crippen molar-refractivity contribution in [1.82, 2.24) is 10.6 Å². The van der Waals surface area contributed by atoms with E-state index in [-0.39, 0.29) is 17.1 Å². The predicted molar refractivity (Wildman–Crippen MR) is 155 cm³/mol. The highest BCUT2D eigenvalue weighted by Crippen LogP contribution is 2.20. The van der Waals surface area contributed by atoms with Gasteiger partial charge in [-0.05, 0) is 54.5 Å². The maximum absolute atomic E-state index is 13.0. The first-order valence-corrected chi connectivity index (χ1v) is 12.7. The lowest BCUT2D eigenvalue weighted by Gasteiger charge is -2.17. The van der Waals surface area contributed by atoms with Crippen molar-refractivity contribution in [2.75, 3.05) is 11.9 Å². The Morgan fingerprint density at radius 3 is 2.11 bits per heavy atom. The van der Waals surface area contributed by atoms with Crippen molar-refractivity contribution in [3.63, 3.8) is 0 Å². The van der Waals surface area contributed by atoms with Crippen LogP contribution in [0.25, 0.3) is 0 Å². The molecule has 1 unspecified atom stereocenters. The lowest BCUT2D eigenvalue weighted by Crippen LogP contribution is -2.35. The van der Waals surface area contributed by atoms with Crippen molar-refractivity contribution >= 4 is 34.8 Å². The Bertz CT molecular complexity index is 1390. The van der Waals surface area contributed by atoms with Crippen LogP contribution in [0.3, 0.4) is 0 Å². The van der Waals surface area contributed by atoms with Gasteiger partial charge in [-0.15, -0.1) is 0 Å². The van der Waals surface area contributed by atoms with Gasteiger partial charge in [0.2, 0.25) is 0 Å². The van der Waals surface area contributed by atoms with E-state index in [1.807, 2.05) is 73.7 Å². The van der Waals surface area contributed by atoms with Crippen molar-refractivity contribution in [2.45, 2.75) is 19.4 Å². The molecule has 192 valence electrons. The van der Waals surface area contributed by atoms with Gasteiger partial charge in [-0.2, -0.15) is 0 Å². The molecule has 0 aliphatic heterocycles. The first kappa shape index (κ1) is 26.6. The van der Waals surface area contributed by atoms with Gasteiger partial charge in [0.05, 0.1) is 29.5 Å². The van der Waals surface area contributed by atoms with Crippen LogP contribution in [0, 0.1) is 0 Å². The van der Waals surface area contributed by atoms with Crippen molar-refractivity contribution in [2.24, 2.45) is 0 Å². The third-order valence-electron chi connectivity index (χ3n) is 5.92. The SMILES string of the molecule is CC(NC(=O)c1ccccc1NC(=S)NC(=O)c1ccccc1OCCc1ccccc1)c1ccccc1. The number of hydrogen-bond acceptors (Lipinski definition) is 4. The Morgan fingerprint density at radius 2 is 1.37 bits per heavy atom. The molecule has 0 heterocycles. The van der Waals surface area contributed by atoms with Gasteiger partial charge in [0.15, 0.2) is 5.11 Å². The van der Waals surface area contributed by atoms with E-state index in [0.717, 1.165) is 17.5 Å². The quantitative estimate of drug-likeness (QED) is 0.237. The summed E-state index contributed by atoms with van der Waals surface area (Å²) in [6.07, 6.45) is 0.721. The molecule has 0 radical (unpaired) electrons. The van der Waals surface area contributed by atoms with E-state index in [9.17, 15) is 9.59 Å². The topological polar surface area (TPSA) is 79.5 Å². The summed E-state index contributed by atoms with van der Waals surface area (Å²) in [6.45, 7) is 2.36. The smallest absolute Gasteiger partial charge is 0.261 e. The van der Waals surface area contributed by atoms with Crippen LogP contribution in [-0.2, 0) is 6.42 Å². The predicted octanol–water partition coefficient (Wildman–Crippen LogP) is 5.93. The molecule has 0 aromatic heterocycles. The van der Waals surface area contributed by atoms with Gasteiger partial charge in [-0.3, -0.25) is 14.9 Å². The molecular weight excluding hydrogens is 494 g/mol. The van der Waals surface area contributed by atoms with Gasteiger partial charge in [0.1, 0.15) is 5.75 Å². The molecule has 4 rings (SSSR count). The summed E-state index contributed by atoms with van der Waals surface area (Å²) >= 11 is 5.40. The van der Waals surface area contributed by atoms with Crippen LogP contribution < -0.4 is 20.7 Å². The molecule has 0 saturated heterocycles. The van der Waals surface area contributed by atoms with Gasteiger partial charge < -0.3 is 15.4 Å². The van der Waals surface area contributed by atoms with Crippen molar-refractivity contribution in [3.8, 4) is 5.75 Å². The molecule has 0 spiro atoms. The maximum Gasteiger partial charge on any atom is 0.261 e. The van der Waals surface area contributed by atoms with Crippen molar-refractivity contribution in [1.29, 1.82) is 0 Å². The summed E-state index contributed by atoms with van der Waals surface area (Å²) < 4.78 is 5.91. The van der Waals surface area contributed by atoms with Crippen molar-refractivity contribution < 1.29 is 14.3 Å². The summed E-state index contributed by atoms with van der Waals surface area (Å²) in [5.41, 5.74) is 3.42. The van der Waals surface area contributed by atoms with Crippen LogP contribution in [-0.4, -0.2) is 23.5 Å². The van der Waals surface area contributed by atoms with E-state index in [1.165, 1.54) is 0 Å². The summed E-state index contributed by atoms with van der Waals surface area (Å²) in [7, 11) is 0. The van der Waals surface area contributed by atoms with Crippen LogP contribution in [0.5, 0.6) is 5.75 Å². The number of benzene rings is 4. The van der Waals surface area contributed by atoms with Gasteiger partial charge >= 0.3 is 0 Å². The molecule has 0 bridgehead atoms. The number of carbonyl (C=O) groups excluding carboxylic acids is 2. The largest absolute Gasteiger partial charge is 0.492 e. The maximum atomic E-state index is 13.0. The Balaban J connectivity index is 1.37. The third kappa shape index (κ3) is 7.27. The number of ether oxygens (including phenoxy) is 1. The lowest BCUT2D eigenvalue weighted by atomic mass is 10.1. The Hall–Kier alpha value is -4.49. The van der Waals surface area contributed by atoms with E-state index >= 15 is 0 Å². The number of rotatable bonds is 9. The Labute approximate surface area is 228 Å². The van der Waals surface area contributed by atoms with E-state index in [4.69, 9.17) is 17.0 Å². The number of thiocarbonyl (C=S) groups is 1. The minimum absolute atomic E-state index is 0.0745. The Kier molecular flexibility index (Phi) is 9.21. The van der Waals surface area contributed by atoms with Gasteiger partial charge in [0.25, 0.3) is 11.8 Å². The molecule has 0 aliphatic carbocycles. The molecule has 4 aromatic carbocycles. The zero-order chi connectivity index (χ0) is 26.7. The van der Waals surface area contributed by atoms with Gasteiger partial charge in [-0.25, -0.2) is 0 Å². The standard InChI is InChI=1S/C31H29N3O3S/c1-22(24-14-6-3-7-15-24)32-29(35)25-16-8-10-18-27(25)33-31(38)34-30(36)26-17-9-11-19-28(26)37-21-20-23-12-4-2-5-13-23/h2-19,22H,20-21H2,1H3,(H,32,35)(H2,33,34,36,38). The lowest BCUT2D eigenvalue weighted by molar-refractivity contribution is 0.0939. The second-order valence-corrected chi connectivity index (χ2v) is 9.05.